The van der Waals surface area contributed by atoms with E-state index in [1.165, 1.54) is 12.8 Å². The second-order valence-corrected chi connectivity index (χ2v) is 5.19. The first-order chi connectivity index (χ1) is 8.72. The van der Waals surface area contributed by atoms with Crippen LogP contribution < -0.4 is 5.32 Å². The first-order valence-corrected chi connectivity index (χ1v) is 6.55. The lowest BCUT2D eigenvalue weighted by Gasteiger charge is -2.16. The van der Waals surface area contributed by atoms with Crippen molar-refractivity contribution >= 4 is 5.91 Å². The van der Waals surface area contributed by atoms with E-state index in [1.54, 1.807) is 12.4 Å². The number of nitrogens with one attached hydrogen (secondary N) is 1. The van der Waals surface area contributed by atoms with E-state index in [1.807, 2.05) is 11.8 Å². The number of aromatic nitrogens is 2. The van der Waals surface area contributed by atoms with Gasteiger partial charge >= 0.3 is 0 Å². The Kier molecular flexibility index (Phi) is 2.99. The van der Waals surface area contributed by atoms with E-state index in [2.05, 4.69) is 15.3 Å². The van der Waals surface area contributed by atoms with Crippen LogP contribution in [0.3, 0.4) is 0 Å². The summed E-state index contributed by atoms with van der Waals surface area (Å²) in [6.45, 7) is 3.31. The third-order valence-electron chi connectivity index (χ3n) is 3.50. The summed E-state index contributed by atoms with van der Waals surface area (Å²) in [4.78, 5) is 22.5. The zero-order valence-electron chi connectivity index (χ0n) is 10.6. The average Bonchev–Trinajstić information content (AvgIpc) is 3.12. The van der Waals surface area contributed by atoms with E-state index in [9.17, 15) is 4.79 Å². The van der Waals surface area contributed by atoms with Gasteiger partial charge in [-0.2, -0.15) is 0 Å². The van der Waals surface area contributed by atoms with Gasteiger partial charge in [-0.05, 0) is 26.2 Å². The highest BCUT2D eigenvalue weighted by molar-refractivity contribution is 5.84. The molecule has 5 nitrogen and oxygen atoms in total. The topological polar surface area (TPSA) is 58.1 Å². The van der Waals surface area contributed by atoms with Crippen LogP contribution in [0, 0.1) is 6.92 Å². The first kappa shape index (κ1) is 11.6. The van der Waals surface area contributed by atoms with E-state index < -0.39 is 0 Å². The third-order valence-corrected chi connectivity index (χ3v) is 3.50. The Labute approximate surface area is 107 Å². The highest BCUT2D eigenvalue weighted by atomic mass is 16.2. The average molecular weight is 246 g/mol. The molecule has 1 N–H and O–H groups in total. The molecule has 1 amide bonds. The summed E-state index contributed by atoms with van der Waals surface area (Å²) in [5, 5.41) is 3.40. The van der Waals surface area contributed by atoms with Gasteiger partial charge in [0.25, 0.3) is 0 Å². The van der Waals surface area contributed by atoms with Crippen molar-refractivity contribution in [1.29, 1.82) is 0 Å². The lowest BCUT2D eigenvalue weighted by Crippen LogP contribution is -2.39. The van der Waals surface area contributed by atoms with Crippen molar-refractivity contribution in [3.63, 3.8) is 0 Å². The first-order valence-electron chi connectivity index (χ1n) is 6.55. The van der Waals surface area contributed by atoms with Crippen LogP contribution in [0.25, 0.3) is 0 Å². The highest BCUT2D eigenvalue weighted by Gasteiger charge is 2.35. The fourth-order valence-electron chi connectivity index (χ4n) is 2.28. The van der Waals surface area contributed by atoms with E-state index in [4.69, 9.17) is 0 Å². The Morgan fingerprint density at radius 1 is 1.33 bits per heavy atom. The minimum atomic E-state index is 0.0240. The third kappa shape index (κ3) is 2.51. The van der Waals surface area contributed by atoms with E-state index in [0.717, 1.165) is 24.4 Å². The Bertz CT molecular complexity index is 441. The number of hydrogen-bond acceptors (Lipinski definition) is 4. The number of hydrogen-bond donors (Lipinski definition) is 1. The van der Waals surface area contributed by atoms with Crippen LogP contribution in [-0.4, -0.2) is 39.4 Å². The molecule has 3 rings (SSSR count). The number of amides is 1. The summed E-state index contributed by atoms with van der Waals surface area (Å²) in [5.74, 6) is 0.212. The van der Waals surface area contributed by atoms with Gasteiger partial charge in [-0.3, -0.25) is 14.8 Å². The smallest absolute Gasteiger partial charge is 0.240 e. The largest absolute Gasteiger partial charge is 0.335 e. The summed E-state index contributed by atoms with van der Waals surface area (Å²) in [6.07, 6.45) is 6.84. The van der Waals surface area contributed by atoms with Crippen molar-refractivity contribution in [1.82, 2.24) is 20.2 Å². The van der Waals surface area contributed by atoms with E-state index in [0.29, 0.717) is 12.6 Å². The molecule has 18 heavy (non-hydrogen) atoms. The molecule has 0 bridgehead atoms. The quantitative estimate of drug-likeness (QED) is 0.847. The fourth-order valence-corrected chi connectivity index (χ4v) is 2.28. The van der Waals surface area contributed by atoms with Gasteiger partial charge < -0.3 is 10.2 Å². The molecule has 1 unspecified atom stereocenters. The maximum atomic E-state index is 12.2. The van der Waals surface area contributed by atoms with Gasteiger partial charge in [0.2, 0.25) is 5.91 Å². The summed E-state index contributed by atoms with van der Waals surface area (Å²) in [7, 11) is 0. The summed E-state index contributed by atoms with van der Waals surface area (Å²) < 4.78 is 0. The molecule has 0 radical (unpaired) electrons. The zero-order chi connectivity index (χ0) is 12.5. The second kappa shape index (κ2) is 4.65. The standard InChI is InChI=1S/C13H18N4O/c1-9-6-15-11(7-14-9)8-17-5-4-12(13(17)18)16-10-2-3-10/h6-7,10,12,16H,2-5,8H2,1H3. The van der Waals surface area contributed by atoms with E-state index >= 15 is 0 Å². The summed E-state index contributed by atoms with van der Waals surface area (Å²) in [5.41, 5.74) is 1.76. The van der Waals surface area contributed by atoms with Crippen molar-refractivity contribution in [3.8, 4) is 0 Å². The molecular weight excluding hydrogens is 228 g/mol. The number of carbonyl (C=O) groups excluding carboxylic acids is 1. The molecule has 1 aromatic heterocycles. The predicted molar refractivity (Wildman–Crippen MR) is 66.7 cm³/mol. The van der Waals surface area contributed by atoms with Crippen LogP contribution in [0.5, 0.6) is 0 Å². The molecule has 1 aliphatic carbocycles. The Morgan fingerprint density at radius 2 is 2.17 bits per heavy atom. The van der Waals surface area contributed by atoms with Crippen molar-refractivity contribution in [2.75, 3.05) is 6.54 Å². The monoisotopic (exact) mass is 246 g/mol. The van der Waals surface area contributed by atoms with Gasteiger partial charge in [-0.15, -0.1) is 0 Å². The number of likely N-dealkylation sites (tertiary alicyclic amines) is 1. The van der Waals surface area contributed by atoms with Gasteiger partial charge in [0, 0.05) is 18.8 Å². The predicted octanol–water partition coefficient (Wildman–Crippen LogP) is 0.638. The van der Waals surface area contributed by atoms with Gasteiger partial charge in [0.05, 0.1) is 30.2 Å². The molecule has 2 heterocycles. The van der Waals surface area contributed by atoms with Crippen LogP contribution in [0.4, 0.5) is 0 Å². The normalized spacial score (nSPS) is 23.7. The molecule has 0 spiro atoms. The molecule has 96 valence electrons. The highest BCUT2D eigenvalue weighted by Crippen LogP contribution is 2.23. The number of aryl methyl sites for hydroxylation is 1. The number of rotatable bonds is 4. The van der Waals surface area contributed by atoms with Gasteiger partial charge in [0.15, 0.2) is 0 Å². The molecule has 1 saturated carbocycles. The lowest BCUT2D eigenvalue weighted by atomic mass is 10.2. The molecule has 5 heteroatoms. The molecule has 1 aromatic rings. The number of carbonyl (C=O) groups is 1. The summed E-state index contributed by atoms with van der Waals surface area (Å²) in [6, 6.07) is 0.606. The molecule has 2 aliphatic rings. The molecule has 1 aliphatic heterocycles. The molecular formula is C13H18N4O. The van der Waals surface area contributed by atoms with Crippen LogP contribution in [0.2, 0.25) is 0 Å². The Morgan fingerprint density at radius 3 is 2.83 bits per heavy atom. The molecule has 1 atom stereocenters. The Hall–Kier alpha value is -1.49. The van der Waals surface area contributed by atoms with Gasteiger partial charge in [0.1, 0.15) is 0 Å². The summed E-state index contributed by atoms with van der Waals surface area (Å²) >= 11 is 0. The Balaban J connectivity index is 1.59. The number of nitrogens with zero attached hydrogens (tertiary/aromatic N) is 3. The zero-order valence-corrected chi connectivity index (χ0v) is 10.6. The molecule has 1 saturated heterocycles. The lowest BCUT2D eigenvalue weighted by molar-refractivity contribution is -0.130. The maximum Gasteiger partial charge on any atom is 0.240 e. The molecule has 0 aromatic carbocycles. The van der Waals surface area contributed by atoms with Gasteiger partial charge in [-0.1, -0.05) is 0 Å². The van der Waals surface area contributed by atoms with Crippen molar-refractivity contribution in [2.45, 2.75) is 44.8 Å². The van der Waals surface area contributed by atoms with Crippen LogP contribution in [-0.2, 0) is 11.3 Å². The SMILES string of the molecule is Cc1cnc(CN2CCC(NC3CC3)C2=O)cn1. The van der Waals surface area contributed by atoms with Crippen molar-refractivity contribution in [3.05, 3.63) is 23.8 Å². The van der Waals surface area contributed by atoms with Crippen LogP contribution >= 0.6 is 0 Å². The minimum Gasteiger partial charge on any atom is -0.335 e. The maximum absolute atomic E-state index is 12.2. The van der Waals surface area contributed by atoms with E-state index in [-0.39, 0.29) is 11.9 Å². The minimum absolute atomic E-state index is 0.0240. The molecule has 2 fully saturated rings. The fraction of sp³-hybridized carbons (Fsp3) is 0.615. The van der Waals surface area contributed by atoms with Crippen molar-refractivity contribution < 1.29 is 4.79 Å². The van der Waals surface area contributed by atoms with Crippen LogP contribution in [0.1, 0.15) is 30.7 Å². The van der Waals surface area contributed by atoms with Crippen LogP contribution in [0.15, 0.2) is 12.4 Å². The van der Waals surface area contributed by atoms with Gasteiger partial charge in [-0.25, -0.2) is 0 Å². The second-order valence-electron chi connectivity index (χ2n) is 5.19. The van der Waals surface area contributed by atoms with Crippen molar-refractivity contribution in [2.24, 2.45) is 0 Å².